The van der Waals surface area contributed by atoms with Crippen LogP contribution >= 0.6 is 23.5 Å². The average molecular weight is 569 g/mol. The number of piperidine rings is 1. The molecule has 1 saturated heterocycles. The van der Waals surface area contributed by atoms with Gasteiger partial charge in [0.15, 0.2) is 5.82 Å². The molecule has 2 atom stereocenters. The van der Waals surface area contributed by atoms with Gasteiger partial charge in [-0.1, -0.05) is 11.6 Å². The van der Waals surface area contributed by atoms with Gasteiger partial charge in [-0.2, -0.15) is 4.98 Å². The molecule has 0 aliphatic carbocycles. The van der Waals surface area contributed by atoms with Crippen molar-refractivity contribution in [3.63, 3.8) is 0 Å². The maximum atomic E-state index is 14.8. The summed E-state index contributed by atoms with van der Waals surface area (Å²) in [5, 5.41) is 8.49. The number of halogens is 5. The minimum absolute atomic E-state index is 0.00256. The number of nitrogens with zero attached hydrogens (tertiary/aromatic N) is 3. The monoisotopic (exact) mass is 568 g/mol. The molecule has 1 aliphatic rings. The number of rotatable bonds is 9. The van der Waals surface area contributed by atoms with Crippen molar-refractivity contribution in [1.29, 1.82) is 5.41 Å². The lowest BCUT2D eigenvalue weighted by molar-refractivity contribution is -0.00315. The fourth-order valence-corrected chi connectivity index (χ4v) is 4.92. The zero-order valence-corrected chi connectivity index (χ0v) is 21.8. The highest BCUT2D eigenvalue weighted by molar-refractivity contribution is 8.00. The number of hydrogen-bond donors (Lipinski definition) is 3. The highest BCUT2D eigenvalue weighted by Gasteiger charge is 2.33. The molecule has 2 unspecified atom stereocenters. The largest absolute Gasteiger partial charge is 0.471 e. The van der Waals surface area contributed by atoms with Gasteiger partial charge in [-0.15, -0.1) is 0 Å². The molecule has 2 aromatic carbocycles. The van der Waals surface area contributed by atoms with Gasteiger partial charge in [-0.3, -0.25) is 4.90 Å². The van der Waals surface area contributed by atoms with E-state index in [9.17, 15) is 17.6 Å². The molecule has 38 heavy (non-hydrogen) atoms. The van der Waals surface area contributed by atoms with Crippen LogP contribution < -0.4 is 15.2 Å². The molecule has 1 aromatic heterocycles. The summed E-state index contributed by atoms with van der Waals surface area (Å²) in [7, 11) is 0. The lowest BCUT2D eigenvalue weighted by atomic mass is 10.1. The highest BCUT2D eigenvalue weighted by atomic mass is 35.5. The van der Waals surface area contributed by atoms with Crippen LogP contribution in [0.3, 0.4) is 0 Å². The minimum atomic E-state index is -2.55. The van der Waals surface area contributed by atoms with Crippen LogP contribution in [0.25, 0.3) is 11.4 Å². The molecule has 202 valence electrons. The second-order valence-corrected chi connectivity index (χ2v) is 9.99. The number of nitrogens with two attached hydrogens (primary N) is 1. The fourth-order valence-electron chi connectivity index (χ4n) is 3.96. The molecule has 0 radical (unpaired) electrons. The maximum absolute atomic E-state index is 14.8. The molecule has 4 rings (SSSR count). The topological polar surface area (TPSA) is 100 Å². The fraction of sp³-hybridized carbons (Fsp3) is 0.320. The van der Waals surface area contributed by atoms with Crippen molar-refractivity contribution in [2.24, 2.45) is 0 Å². The lowest BCUT2D eigenvalue weighted by Gasteiger charge is -2.34. The molecule has 0 amide bonds. The Bertz CT molecular complexity index is 1300. The predicted octanol–water partition coefficient (Wildman–Crippen LogP) is 6.08. The SMILES string of the molecule is CC(=N)c1c(N)nc(-c2ccc(NSc3cc(Cl)ccc3F)cc2)nc1OC1CCN(CC(F)F)CC1F. The molecular weight excluding hydrogens is 544 g/mol. The van der Waals surface area contributed by atoms with Gasteiger partial charge in [-0.05, 0) is 61.3 Å². The Morgan fingerprint density at radius 1 is 1.26 bits per heavy atom. The third-order valence-corrected chi connectivity index (χ3v) is 6.92. The van der Waals surface area contributed by atoms with E-state index in [-0.39, 0.29) is 48.3 Å². The number of ether oxygens (including phenoxy) is 1. The molecule has 1 aliphatic heterocycles. The Labute approximate surface area is 226 Å². The number of nitrogen functional groups attached to an aromatic ring is 1. The van der Waals surface area contributed by atoms with Gasteiger partial charge < -0.3 is 20.6 Å². The summed E-state index contributed by atoms with van der Waals surface area (Å²) in [5.74, 6) is -0.244. The third-order valence-electron chi connectivity index (χ3n) is 5.82. The number of aromatic nitrogens is 2. The van der Waals surface area contributed by atoms with Crippen LogP contribution in [0, 0.1) is 11.2 Å². The van der Waals surface area contributed by atoms with Crippen molar-refractivity contribution in [3.05, 3.63) is 58.9 Å². The molecule has 3 aromatic rings. The number of nitrogens with one attached hydrogen (secondary N) is 2. The number of likely N-dealkylation sites (tertiary alicyclic amines) is 1. The van der Waals surface area contributed by atoms with Crippen LogP contribution in [0.15, 0.2) is 47.4 Å². The van der Waals surface area contributed by atoms with Crippen LogP contribution in [0.4, 0.5) is 29.1 Å². The van der Waals surface area contributed by atoms with E-state index >= 15 is 0 Å². The molecule has 0 saturated carbocycles. The molecule has 0 spiro atoms. The second-order valence-electron chi connectivity index (χ2n) is 8.71. The summed E-state index contributed by atoms with van der Waals surface area (Å²) in [5.41, 5.74) is 7.56. The van der Waals surface area contributed by atoms with Crippen molar-refractivity contribution >= 4 is 40.8 Å². The van der Waals surface area contributed by atoms with E-state index in [0.717, 1.165) is 11.9 Å². The average Bonchev–Trinajstić information content (AvgIpc) is 2.85. The van der Waals surface area contributed by atoms with Crippen LogP contribution in [-0.2, 0) is 0 Å². The first-order chi connectivity index (χ1) is 18.1. The van der Waals surface area contributed by atoms with Crippen LogP contribution in [0.1, 0.15) is 18.9 Å². The van der Waals surface area contributed by atoms with Gasteiger partial charge in [0.25, 0.3) is 6.43 Å². The Balaban J connectivity index is 1.51. The van der Waals surface area contributed by atoms with Gasteiger partial charge in [-0.25, -0.2) is 22.5 Å². The van der Waals surface area contributed by atoms with Crippen molar-refractivity contribution in [2.45, 2.75) is 36.9 Å². The Hall–Kier alpha value is -3.09. The first-order valence-electron chi connectivity index (χ1n) is 11.6. The summed E-state index contributed by atoms with van der Waals surface area (Å²) < 4.78 is 63.0. The van der Waals surface area contributed by atoms with Gasteiger partial charge in [0.2, 0.25) is 5.88 Å². The van der Waals surface area contributed by atoms with Crippen LogP contribution in [-0.4, -0.2) is 58.9 Å². The summed E-state index contributed by atoms with van der Waals surface area (Å²) in [6, 6.07) is 11.2. The third kappa shape index (κ3) is 6.86. The van der Waals surface area contributed by atoms with Crippen LogP contribution in [0.5, 0.6) is 5.88 Å². The predicted molar refractivity (Wildman–Crippen MR) is 142 cm³/mol. The van der Waals surface area contributed by atoms with Gasteiger partial charge in [0, 0.05) is 41.5 Å². The van der Waals surface area contributed by atoms with E-state index in [2.05, 4.69) is 14.7 Å². The Morgan fingerprint density at radius 3 is 2.66 bits per heavy atom. The van der Waals surface area contributed by atoms with E-state index < -0.39 is 31.1 Å². The number of hydrogen-bond acceptors (Lipinski definition) is 8. The van der Waals surface area contributed by atoms with E-state index in [4.69, 9.17) is 27.5 Å². The standard InChI is InChI=1S/C25H25ClF4N6OS/c1-13(31)22-23(32)33-24(34-25(22)37-19-8-9-36(11-18(19)28)12-21(29)30)14-2-5-16(6-3-14)35-38-20-10-15(26)4-7-17(20)27/h2-7,10,18-19,21,31,35H,8-9,11-12H2,1H3,(H2,32,33,34). The molecule has 7 nitrogen and oxygen atoms in total. The first kappa shape index (κ1) is 27.9. The summed E-state index contributed by atoms with van der Waals surface area (Å²) in [6.45, 7) is 1.04. The van der Waals surface area contributed by atoms with Crippen LogP contribution in [0.2, 0.25) is 5.02 Å². The van der Waals surface area contributed by atoms with Gasteiger partial charge in [0.1, 0.15) is 23.9 Å². The van der Waals surface area contributed by atoms with E-state index in [0.29, 0.717) is 21.2 Å². The second kappa shape index (κ2) is 12.2. The first-order valence-corrected chi connectivity index (χ1v) is 12.8. The molecule has 2 heterocycles. The molecule has 0 bridgehead atoms. The molecule has 4 N–H and O–H groups in total. The zero-order valence-electron chi connectivity index (χ0n) is 20.2. The lowest BCUT2D eigenvalue weighted by Crippen LogP contribution is -2.48. The maximum Gasteiger partial charge on any atom is 0.251 e. The van der Waals surface area contributed by atoms with Crippen molar-refractivity contribution in [2.75, 3.05) is 30.1 Å². The van der Waals surface area contributed by atoms with Crippen molar-refractivity contribution in [1.82, 2.24) is 14.9 Å². The Kier molecular flexibility index (Phi) is 8.95. The van der Waals surface area contributed by atoms with E-state index in [1.54, 1.807) is 24.3 Å². The normalized spacial score (nSPS) is 18.0. The van der Waals surface area contributed by atoms with Crippen molar-refractivity contribution < 1.29 is 22.3 Å². The number of benzene rings is 2. The number of alkyl halides is 3. The number of anilines is 2. The zero-order chi connectivity index (χ0) is 27.4. The van der Waals surface area contributed by atoms with E-state index in [1.807, 2.05) is 0 Å². The highest BCUT2D eigenvalue weighted by Crippen LogP contribution is 2.31. The smallest absolute Gasteiger partial charge is 0.251 e. The molecule has 13 heteroatoms. The summed E-state index contributed by atoms with van der Waals surface area (Å²) in [6.07, 6.45) is -4.82. The molecule has 1 fully saturated rings. The van der Waals surface area contributed by atoms with Crippen molar-refractivity contribution in [3.8, 4) is 17.3 Å². The van der Waals surface area contributed by atoms with E-state index in [1.165, 1.54) is 30.0 Å². The Morgan fingerprint density at radius 2 is 2.00 bits per heavy atom. The van der Waals surface area contributed by atoms with Gasteiger partial charge in [0.05, 0.1) is 17.0 Å². The van der Waals surface area contributed by atoms with Gasteiger partial charge >= 0.3 is 0 Å². The quantitative estimate of drug-likeness (QED) is 0.163. The molecular formula is C25H25ClF4N6OS. The minimum Gasteiger partial charge on any atom is -0.471 e. The summed E-state index contributed by atoms with van der Waals surface area (Å²) in [4.78, 5) is 10.4. The summed E-state index contributed by atoms with van der Waals surface area (Å²) >= 11 is 7.00.